The number of nitrogens with one attached hydrogen (secondary N) is 4. The number of fused-ring (bicyclic) bond motifs is 2. The average molecular weight is 719 g/mol. The number of hydrogen-bond donors (Lipinski definition) is 4. The van der Waals surface area contributed by atoms with Crippen molar-refractivity contribution in [1.82, 2.24) is 20.6 Å². The van der Waals surface area contributed by atoms with Crippen LogP contribution in [-0.2, 0) is 33.1 Å². The molecule has 2 fully saturated rings. The van der Waals surface area contributed by atoms with E-state index in [0.29, 0.717) is 18.0 Å². The minimum absolute atomic E-state index is 0. The van der Waals surface area contributed by atoms with Crippen molar-refractivity contribution in [2.24, 2.45) is 0 Å². The Labute approximate surface area is 311 Å². The molecule has 0 aliphatic carbocycles. The lowest BCUT2D eigenvalue weighted by molar-refractivity contribution is 0.0519. The number of hydrogen-bond acceptors (Lipinski definition) is 6. The van der Waals surface area contributed by atoms with Crippen molar-refractivity contribution in [2.45, 2.75) is 43.4 Å². The molecule has 4 N–H and O–H groups in total. The number of aromatic amines is 2. The van der Waals surface area contributed by atoms with Gasteiger partial charge in [-0.25, -0.2) is 9.59 Å². The van der Waals surface area contributed by atoms with Gasteiger partial charge in [-0.1, -0.05) is 72.8 Å². The molecule has 4 aromatic carbocycles. The van der Waals surface area contributed by atoms with Crippen molar-refractivity contribution in [3.63, 3.8) is 0 Å². The fourth-order valence-electron chi connectivity index (χ4n) is 7.92. The molecule has 2 aliphatic rings. The normalized spacial score (nSPS) is 19.5. The van der Waals surface area contributed by atoms with E-state index in [1.165, 1.54) is 29.4 Å². The van der Waals surface area contributed by atoms with E-state index in [-0.39, 0.29) is 35.2 Å². The minimum atomic E-state index is -0.334. The second-order valence-corrected chi connectivity index (χ2v) is 13.9. The van der Waals surface area contributed by atoms with E-state index in [4.69, 9.17) is 9.47 Å². The van der Waals surface area contributed by atoms with Crippen molar-refractivity contribution < 1.29 is 19.1 Å². The fraction of sp³-hybridized carbons (Fsp3) is 0.302. The van der Waals surface area contributed by atoms with Crippen molar-refractivity contribution in [1.29, 1.82) is 0 Å². The van der Waals surface area contributed by atoms with Crippen molar-refractivity contribution in [3.05, 3.63) is 143 Å². The third kappa shape index (κ3) is 7.80. The number of carbonyl (C=O) groups is 2. The van der Waals surface area contributed by atoms with Gasteiger partial charge in [0.25, 0.3) is 0 Å². The van der Waals surface area contributed by atoms with Gasteiger partial charge in [0.15, 0.2) is 0 Å². The lowest BCUT2D eigenvalue weighted by Crippen LogP contribution is -2.31. The summed E-state index contributed by atoms with van der Waals surface area (Å²) < 4.78 is 9.92. The first-order valence-electron chi connectivity index (χ1n) is 17.9. The smallest absolute Gasteiger partial charge is 0.354 e. The summed E-state index contributed by atoms with van der Waals surface area (Å²) in [6, 6.07) is 38.1. The maximum atomic E-state index is 12.0. The third-order valence-electron chi connectivity index (χ3n) is 10.6. The van der Waals surface area contributed by atoms with E-state index < -0.39 is 0 Å². The highest BCUT2D eigenvalue weighted by Gasteiger charge is 2.37. The number of ether oxygens (including phenoxy) is 2. The largest absolute Gasteiger partial charge is 0.464 e. The molecule has 270 valence electrons. The number of carbonyl (C=O) groups excluding carboxylic acids is 2. The summed E-state index contributed by atoms with van der Waals surface area (Å²) in [4.78, 5) is 30.1. The molecule has 2 unspecified atom stereocenters. The summed E-state index contributed by atoms with van der Waals surface area (Å²) in [6.07, 6.45) is 4.26. The summed E-state index contributed by atoms with van der Waals surface area (Å²) in [5.41, 5.74) is 8.50. The molecule has 2 aromatic heterocycles. The molecule has 52 heavy (non-hydrogen) atoms. The first-order valence-corrected chi connectivity index (χ1v) is 17.9. The summed E-state index contributed by atoms with van der Waals surface area (Å²) in [5, 5.41) is 9.18. The first-order chi connectivity index (χ1) is 24.9. The predicted octanol–water partition coefficient (Wildman–Crippen LogP) is 7.67. The molecular weight excluding hydrogens is 672 g/mol. The molecule has 0 amide bonds. The van der Waals surface area contributed by atoms with E-state index >= 15 is 0 Å². The van der Waals surface area contributed by atoms with Crippen molar-refractivity contribution in [2.75, 3.05) is 39.9 Å². The molecule has 8 nitrogen and oxygen atoms in total. The van der Waals surface area contributed by atoms with Crippen molar-refractivity contribution >= 4 is 46.2 Å². The number of H-pyrrole nitrogens is 2. The Kier molecular flexibility index (Phi) is 11.5. The Morgan fingerprint density at radius 3 is 1.50 bits per heavy atom. The summed E-state index contributed by atoms with van der Waals surface area (Å²) in [5.74, 6) is -0.633. The molecule has 9 heteroatoms. The first kappa shape index (κ1) is 36.9. The summed E-state index contributed by atoms with van der Waals surface area (Å²) in [6.45, 7) is 6.21. The minimum Gasteiger partial charge on any atom is -0.464 e. The number of benzene rings is 4. The van der Waals surface area contributed by atoms with Gasteiger partial charge in [0.2, 0.25) is 0 Å². The number of esters is 2. The number of rotatable bonds is 9. The quantitative estimate of drug-likeness (QED) is 0.114. The molecule has 2 saturated heterocycles. The standard InChI is InChI=1S/C22H24N2O2.C21H22N2O2.ClH/c1-2-26-21(25)20-13-17-12-18(8-9-19(17)24-20)22(10-11-23-15-22)14-16-6-4-3-5-7-16;1-25-20(24)19-12-16-11-17(7-8-18(16)23-19)21(9-10-22-14-21)13-15-5-3-2-4-6-15;/h3-9,12-13,23-24H,2,10-11,14-15H2,1H3;2-8,11-12,22-23H,9-10,13-14H2,1H3;1H. The lowest BCUT2D eigenvalue weighted by Gasteiger charge is -2.29. The number of aromatic nitrogens is 2. The highest BCUT2D eigenvalue weighted by atomic mass is 35.5. The van der Waals surface area contributed by atoms with Crippen LogP contribution in [0.4, 0.5) is 0 Å². The van der Waals surface area contributed by atoms with Gasteiger partial charge >= 0.3 is 11.9 Å². The number of methoxy groups -OCH3 is 1. The van der Waals surface area contributed by atoms with E-state index in [2.05, 4.69) is 118 Å². The Balaban J connectivity index is 0.000000175. The van der Waals surface area contributed by atoms with Crippen LogP contribution in [0.2, 0.25) is 0 Å². The topological polar surface area (TPSA) is 108 Å². The highest BCUT2D eigenvalue weighted by Crippen LogP contribution is 2.37. The summed E-state index contributed by atoms with van der Waals surface area (Å²) in [7, 11) is 1.40. The fourth-order valence-corrected chi connectivity index (χ4v) is 7.92. The van der Waals surface area contributed by atoms with Gasteiger partial charge in [0.05, 0.1) is 13.7 Å². The van der Waals surface area contributed by atoms with E-state index in [1.807, 2.05) is 19.1 Å². The zero-order valence-corrected chi connectivity index (χ0v) is 30.6. The molecule has 2 aliphatic heterocycles. The van der Waals surface area contributed by atoms with Crippen molar-refractivity contribution in [3.8, 4) is 0 Å². The van der Waals surface area contributed by atoms with Crippen LogP contribution in [0, 0.1) is 0 Å². The average Bonchev–Trinajstić information content (AvgIpc) is 3.99. The predicted molar refractivity (Wildman–Crippen MR) is 210 cm³/mol. The molecule has 6 aromatic rings. The lowest BCUT2D eigenvalue weighted by atomic mass is 9.74. The van der Waals surface area contributed by atoms with E-state index in [0.717, 1.165) is 73.7 Å². The zero-order valence-electron chi connectivity index (χ0n) is 29.8. The van der Waals surface area contributed by atoms with Gasteiger partial charge < -0.3 is 30.1 Å². The highest BCUT2D eigenvalue weighted by molar-refractivity contribution is 5.96. The number of halogens is 1. The Bertz CT molecular complexity index is 2110. The van der Waals surface area contributed by atoms with E-state index in [1.54, 1.807) is 0 Å². The Hall–Kier alpha value is -4.89. The molecule has 0 bridgehead atoms. The van der Waals surface area contributed by atoms with E-state index in [9.17, 15) is 9.59 Å². The molecular formula is C43H47ClN4O4. The molecule has 4 heterocycles. The molecule has 8 rings (SSSR count). The molecule has 2 atom stereocenters. The second kappa shape index (κ2) is 16.2. The monoisotopic (exact) mass is 718 g/mol. The van der Waals surface area contributed by atoms with Gasteiger partial charge in [-0.3, -0.25) is 0 Å². The van der Waals surface area contributed by atoms with Gasteiger partial charge in [0, 0.05) is 45.7 Å². The van der Waals surface area contributed by atoms with Gasteiger partial charge in [-0.15, -0.1) is 12.4 Å². The van der Waals surface area contributed by atoms with Gasteiger partial charge in [-0.05, 0) is 104 Å². The van der Waals surface area contributed by atoms with Crippen LogP contribution in [0.5, 0.6) is 0 Å². The molecule has 0 radical (unpaired) electrons. The second-order valence-electron chi connectivity index (χ2n) is 13.9. The van der Waals surface area contributed by atoms with Gasteiger partial charge in [0.1, 0.15) is 11.4 Å². The summed E-state index contributed by atoms with van der Waals surface area (Å²) >= 11 is 0. The maximum Gasteiger partial charge on any atom is 0.354 e. The van der Waals surface area contributed by atoms with Gasteiger partial charge in [-0.2, -0.15) is 0 Å². The van der Waals surface area contributed by atoms with Crippen LogP contribution in [0.1, 0.15) is 63.0 Å². The van der Waals surface area contributed by atoms with Crippen LogP contribution in [0.15, 0.2) is 109 Å². The maximum absolute atomic E-state index is 12.0. The van der Waals surface area contributed by atoms with Crippen LogP contribution in [0.3, 0.4) is 0 Å². The Morgan fingerprint density at radius 1 is 0.635 bits per heavy atom. The van der Waals surface area contributed by atoms with Crippen LogP contribution < -0.4 is 10.6 Å². The third-order valence-corrected chi connectivity index (χ3v) is 10.6. The molecule has 0 saturated carbocycles. The zero-order chi connectivity index (χ0) is 35.3. The Morgan fingerprint density at radius 2 is 1.10 bits per heavy atom. The van der Waals surface area contributed by atoms with Crippen LogP contribution in [0.25, 0.3) is 21.8 Å². The van der Waals surface area contributed by atoms with Crippen LogP contribution in [-0.4, -0.2) is 61.8 Å². The van der Waals surface area contributed by atoms with Crippen LogP contribution >= 0.6 is 12.4 Å². The SMILES string of the molecule is CCOC(=O)c1cc2cc(C3(Cc4ccccc4)CCNC3)ccc2[nH]1.COC(=O)c1cc2cc(C3(Cc4ccccc4)CCNC3)ccc2[nH]1.Cl. The molecule has 0 spiro atoms.